The summed E-state index contributed by atoms with van der Waals surface area (Å²) in [6, 6.07) is 14.9. The largest absolute Gasteiger partial charge is 0.156 e. The number of hydrogen-bond donors (Lipinski definition) is 0. The third kappa shape index (κ3) is 2.48. The molecule has 0 radical (unpaired) electrons. The third-order valence-corrected chi connectivity index (χ3v) is 3.27. The summed E-state index contributed by atoms with van der Waals surface area (Å²) in [7, 11) is 0. The summed E-state index contributed by atoms with van der Waals surface area (Å²) in [5, 5.41) is 9.96. The van der Waals surface area contributed by atoms with Crippen molar-refractivity contribution in [2.24, 2.45) is 0 Å². The molecule has 0 atom stereocenters. The van der Waals surface area contributed by atoms with Gasteiger partial charge in [-0.3, -0.25) is 0 Å². The van der Waals surface area contributed by atoms with Gasteiger partial charge in [-0.05, 0) is 24.3 Å². The first-order chi connectivity index (χ1) is 9.24. The van der Waals surface area contributed by atoms with Crippen molar-refractivity contribution in [3.63, 3.8) is 0 Å². The first-order valence-corrected chi connectivity index (χ1v) is 6.43. The SMILES string of the molecule is Clc1ccc(-c2cnn(-c3ccccc3Cl)n2)cc1. The van der Waals surface area contributed by atoms with Gasteiger partial charge in [-0.2, -0.15) is 5.10 Å². The molecule has 0 aliphatic carbocycles. The zero-order chi connectivity index (χ0) is 13.2. The molecule has 0 fully saturated rings. The minimum Gasteiger partial charge on any atom is -0.156 e. The summed E-state index contributed by atoms with van der Waals surface area (Å²) >= 11 is 12.0. The first-order valence-electron chi connectivity index (χ1n) is 5.67. The van der Waals surface area contributed by atoms with Crippen LogP contribution in [0.4, 0.5) is 0 Å². The Labute approximate surface area is 120 Å². The van der Waals surface area contributed by atoms with E-state index >= 15 is 0 Å². The number of benzene rings is 2. The lowest BCUT2D eigenvalue weighted by Gasteiger charge is -2.01. The molecule has 3 nitrogen and oxygen atoms in total. The monoisotopic (exact) mass is 289 g/mol. The Balaban J connectivity index is 2.00. The van der Waals surface area contributed by atoms with Crippen LogP contribution in [0.3, 0.4) is 0 Å². The van der Waals surface area contributed by atoms with Crippen LogP contribution in [0.15, 0.2) is 54.7 Å². The smallest absolute Gasteiger partial charge is 0.113 e. The van der Waals surface area contributed by atoms with E-state index in [9.17, 15) is 0 Å². The molecule has 0 amide bonds. The van der Waals surface area contributed by atoms with Crippen molar-refractivity contribution >= 4 is 23.2 Å². The van der Waals surface area contributed by atoms with E-state index in [1.54, 1.807) is 6.20 Å². The highest BCUT2D eigenvalue weighted by atomic mass is 35.5. The molecule has 0 bridgehead atoms. The van der Waals surface area contributed by atoms with E-state index in [0.717, 1.165) is 16.9 Å². The fourth-order valence-electron chi connectivity index (χ4n) is 1.75. The number of para-hydroxylation sites is 1. The van der Waals surface area contributed by atoms with E-state index in [1.807, 2.05) is 48.5 Å². The van der Waals surface area contributed by atoms with Crippen LogP contribution in [0.2, 0.25) is 10.0 Å². The highest BCUT2D eigenvalue weighted by molar-refractivity contribution is 6.32. The number of hydrogen-bond acceptors (Lipinski definition) is 2. The molecule has 0 spiro atoms. The molecule has 0 unspecified atom stereocenters. The van der Waals surface area contributed by atoms with Crippen LogP contribution in [-0.2, 0) is 0 Å². The van der Waals surface area contributed by atoms with Crippen LogP contribution in [0, 0.1) is 0 Å². The zero-order valence-electron chi connectivity index (χ0n) is 9.79. The Bertz CT molecular complexity index is 705. The Kier molecular flexibility index (Phi) is 3.23. The van der Waals surface area contributed by atoms with Crippen molar-refractivity contribution in [3.8, 4) is 16.9 Å². The Morgan fingerprint density at radius 3 is 2.37 bits per heavy atom. The van der Waals surface area contributed by atoms with Crippen molar-refractivity contribution in [1.82, 2.24) is 15.0 Å². The number of halogens is 2. The molecule has 1 heterocycles. The van der Waals surface area contributed by atoms with Gasteiger partial charge >= 0.3 is 0 Å². The van der Waals surface area contributed by atoms with Gasteiger partial charge in [0, 0.05) is 10.6 Å². The van der Waals surface area contributed by atoms with Gasteiger partial charge in [-0.1, -0.05) is 47.5 Å². The minimum atomic E-state index is 0.612. The summed E-state index contributed by atoms with van der Waals surface area (Å²) < 4.78 is 0. The van der Waals surface area contributed by atoms with Gasteiger partial charge in [0.15, 0.2) is 0 Å². The van der Waals surface area contributed by atoms with Crippen LogP contribution in [0.25, 0.3) is 16.9 Å². The van der Waals surface area contributed by atoms with Gasteiger partial charge in [0.2, 0.25) is 0 Å². The molecule has 1 aromatic heterocycles. The lowest BCUT2D eigenvalue weighted by atomic mass is 10.2. The molecule has 3 aromatic rings. The standard InChI is InChI=1S/C14H9Cl2N3/c15-11-7-5-10(6-8-11)13-9-17-19(18-13)14-4-2-1-3-12(14)16/h1-9H. The lowest BCUT2D eigenvalue weighted by molar-refractivity contribution is 0.754. The van der Waals surface area contributed by atoms with Gasteiger partial charge in [-0.25, -0.2) is 0 Å². The molecular formula is C14H9Cl2N3. The zero-order valence-corrected chi connectivity index (χ0v) is 11.3. The highest BCUT2D eigenvalue weighted by Crippen LogP contribution is 2.22. The van der Waals surface area contributed by atoms with Crippen molar-refractivity contribution in [1.29, 1.82) is 0 Å². The molecule has 0 saturated carbocycles. The highest BCUT2D eigenvalue weighted by Gasteiger charge is 2.07. The summed E-state index contributed by atoms with van der Waals surface area (Å²) in [6.07, 6.45) is 1.70. The topological polar surface area (TPSA) is 30.7 Å². The number of rotatable bonds is 2. The van der Waals surface area contributed by atoms with Gasteiger partial charge in [0.1, 0.15) is 11.4 Å². The molecule has 5 heteroatoms. The fourth-order valence-corrected chi connectivity index (χ4v) is 2.08. The van der Waals surface area contributed by atoms with E-state index in [1.165, 1.54) is 4.80 Å². The molecule has 2 aromatic carbocycles. The lowest BCUT2D eigenvalue weighted by Crippen LogP contribution is -1.99. The molecule has 0 aliphatic rings. The quantitative estimate of drug-likeness (QED) is 0.706. The first kappa shape index (κ1) is 12.2. The van der Waals surface area contributed by atoms with E-state index in [4.69, 9.17) is 23.2 Å². The van der Waals surface area contributed by atoms with Gasteiger partial charge in [0.05, 0.1) is 11.2 Å². The van der Waals surface area contributed by atoms with Crippen molar-refractivity contribution in [3.05, 3.63) is 64.8 Å². The summed E-state index contributed by atoms with van der Waals surface area (Å²) in [4.78, 5) is 1.52. The molecule has 0 saturated heterocycles. The Morgan fingerprint density at radius 1 is 0.895 bits per heavy atom. The number of nitrogens with zero attached hydrogens (tertiary/aromatic N) is 3. The van der Waals surface area contributed by atoms with E-state index in [0.29, 0.717) is 10.0 Å². The summed E-state index contributed by atoms with van der Waals surface area (Å²) in [5.74, 6) is 0. The fraction of sp³-hybridized carbons (Fsp3) is 0. The van der Waals surface area contributed by atoms with Gasteiger partial charge in [-0.15, -0.1) is 9.90 Å². The molecule has 0 aliphatic heterocycles. The molecule has 94 valence electrons. The third-order valence-electron chi connectivity index (χ3n) is 2.70. The van der Waals surface area contributed by atoms with Gasteiger partial charge in [0.25, 0.3) is 0 Å². The van der Waals surface area contributed by atoms with Crippen molar-refractivity contribution in [2.75, 3.05) is 0 Å². The predicted molar refractivity (Wildman–Crippen MR) is 76.8 cm³/mol. The second-order valence-corrected chi connectivity index (χ2v) is 4.82. The van der Waals surface area contributed by atoms with Crippen LogP contribution >= 0.6 is 23.2 Å². The van der Waals surface area contributed by atoms with Crippen LogP contribution in [-0.4, -0.2) is 15.0 Å². The molecule has 0 N–H and O–H groups in total. The van der Waals surface area contributed by atoms with Crippen LogP contribution in [0.1, 0.15) is 0 Å². The summed E-state index contributed by atoms with van der Waals surface area (Å²) in [6.45, 7) is 0. The Morgan fingerprint density at radius 2 is 1.63 bits per heavy atom. The Hall–Kier alpha value is -1.84. The maximum atomic E-state index is 6.12. The second kappa shape index (κ2) is 5.03. The van der Waals surface area contributed by atoms with E-state index in [2.05, 4.69) is 10.2 Å². The maximum Gasteiger partial charge on any atom is 0.113 e. The average Bonchev–Trinajstić information content (AvgIpc) is 2.89. The molecular weight excluding hydrogens is 281 g/mol. The second-order valence-electron chi connectivity index (χ2n) is 3.98. The van der Waals surface area contributed by atoms with E-state index < -0.39 is 0 Å². The normalized spacial score (nSPS) is 10.6. The van der Waals surface area contributed by atoms with Crippen LogP contribution < -0.4 is 0 Å². The van der Waals surface area contributed by atoms with Crippen molar-refractivity contribution in [2.45, 2.75) is 0 Å². The predicted octanol–water partition coefficient (Wildman–Crippen LogP) is 4.24. The summed E-state index contributed by atoms with van der Waals surface area (Å²) in [5.41, 5.74) is 2.49. The van der Waals surface area contributed by atoms with Crippen LogP contribution in [0.5, 0.6) is 0 Å². The van der Waals surface area contributed by atoms with Gasteiger partial charge < -0.3 is 0 Å². The molecule has 19 heavy (non-hydrogen) atoms. The average molecular weight is 290 g/mol. The minimum absolute atomic E-state index is 0.612. The maximum absolute atomic E-state index is 6.12. The molecule has 3 rings (SSSR count). The number of aromatic nitrogens is 3. The van der Waals surface area contributed by atoms with Crippen molar-refractivity contribution < 1.29 is 0 Å². The van der Waals surface area contributed by atoms with E-state index in [-0.39, 0.29) is 0 Å².